The minimum Gasteiger partial charge on any atom is -0.492 e. The third-order valence-electron chi connectivity index (χ3n) is 21.7. The number of hydrogen-bond donors (Lipinski definition) is 4. The predicted molar refractivity (Wildman–Crippen MR) is 484 cm³/mol. The highest BCUT2D eigenvalue weighted by Gasteiger charge is 2.56. The Morgan fingerprint density at radius 1 is 0.362 bits per heavy atom. The Morgan fingerprint density at radius 3 is 1.06 bits per heavy atom. The van der Waals surface area contributed by atoms with Crippen LogP contribution in [0, 0.1) is 10.1 Å². The number of nitrogens with one attached hydrogen (secondary N) is 4. The quantitative estimate of drug-likeness (QED) is 0.00907. The third-order valence-corrected chi connectivity index (χ3v) is 21.7. The molecule has 706 valence electrons. The Balaban J connectivity index is 0.609. The average Bonchev–Trinajstić information content (AvgIpc) is 1.20. The van der Waals surface area contributed by atoms with Gasteiger partial charge in [0.2, 0.25) is 17.3 Å². The maximum Gasteiger partial charge on any atom is 0.338 e. The van der Waals surface area contributed by atoms with Crippen LogP contribution < -0.4 is 30.7 Å². The van der Waals surface area contributed by atoms with Gasteiger partial charge >= 0.3 is 53.4 Å². The molecule has 2 fully saturated rings. The molecule has 0 unspecified atom stereocenters. The topological polar surface area (TPSA) is 490 Å². The first-order valence-corrected chi connectivity index (χ1v) is 43.8. The summed E-state index contributed by atoms with van der Waals surface area (Å²) in [6.07, 6.45) is -12.8. The minimum absolute atomic E-state index is 0.0222. The predicted octanol–water partition coefficient (Wildman–Crippen LogP) is 11.1. The summed E-state index contributed by atoms with van der Waals surface area (Å²) in [4.78, 5) is 165. The van der Waals surface area contributed by atoms with Crippen LogP contribution >= 0.6 is 0 Å². The second-order valence-corrected chi connectivity index (χ2v) is 31.2. The lowest BCUT2D eigenvalue weighted by molar-refractivity contribution is -0.383. The van der Waals surface area contributed by atoms with Crippen molar-refractivity contribution in [3.8, 4) is 11.5 Å². The van der Waals surface area contributed by atoms with E-state index in [1.807, 2.05) is 0 Å². The van der Waals surface area contributed by atoms with Gasteiger partial charge in [0.1, 0.15) is 50.1 Å². The molecule has 4 N–H and O–H groups in total. The van der Waals surface area contributed by atoms with Gasteiger partial charge in [-0.25, -0.2) is 52.3 Å². The fraction of sp³-hybridized carbons (Fsp3) is 0.242. The second kappa shape index (κ2) is 46.9. The number of nitrogens with zero attached hydrogens (tertiary/aromatic N) is 9. The van der Waals surface area contributed by atoms with Crippen molar-refractivity contribution >= 4 is 87.9 Å². The number of nitro groups is 1. The molecule has 2 saturated heterocycles. The number of ether oxygens (including phenoxy) is 12. The van der Waals surface area contributed by atoms with Gasteiger partial charge in [-0.1, -0.05) is 156 Å². The van der Waals surface area contributed by atoms with E-state index in [0.29, 0.717) is 25.1 Å². The summed E-state index contributed by atoms with van der Waals surface area (Å²) in [5, 5.41) is 48.1. The summed E-state index contributed by atoms with van der Waals surface area (Å²) in [5.74, 6) is -8.17. The van der Waals surface area contributed by atoms with E-state index in [0.717, 1.165) is 0 Å². The molecule has 3 aromatic heterocycles. The van der Waals surface area contributed by atoms with E-state index in [1.54, 1.807) is 146 Å². The van der Waals surface area contributed by atoms with Crippen molar-refractivity contribution < 1.29 is 119 Å². The van der Waals surface area contributed by atoms with Crippen LogP contribution in [-0.4, -0.2) is 212 Å². The minimum atomic E-state index is -1.71. The zero-order valence-corrected chi connectivity index (χ0v) is 73.4. The SMILES string of the molecule is O=C(CCc1cn([C@@H]2O[C@H](COC(=O)c3ccccc3)[C@H](OC(=O)c3ccccc3)[C@H](OC(=O)c3ccccc3)[C@H]2OC(=O)c2ccccc2)nn1)NCCOc1cc(OCCNC(=O)CCc2cn([C@@H]3O[C@H](COC(=O)c4ccccc4)[C@H](OC(=O)c4ccccc4)[C@H](OC(=O)c4ccccc4)[C@H]3OC(=O)c3ccccc3)nn2)cc(C(=O)NCCCCNc2ccc([N+](=O)[O-])c3nonc23)c1. The summed E-state index contributed by atoms with van der Waals surface area (Å²) < 4.78 is 81.8. The molecule has 13 aromatic rings. The third kappa shape index (κ3) is 25.4. The van der Waals surface area contributed by atoms with Gasteiger partial charge in [0.15, 0.2) is 54.6 Å². The van der Waals surface area contributed by atoms with Crippen molar-refractivity contribution in [3.05, 3.63) is 357 Å². The number of anilines is 1. The normalized spacial score (nSPS) is 17.6. The zero-order chi connectivity index (χ0) is 96.1. The van der Waals surface area contributed by atoms with E-state index in [1.165, 1.54) is 149 Å². The van der Waals surface area contributed by atoms with Crippen molar-refractivity contribution in [1.82, 2.24) is 56.3 Å². The monoisotopic (exact) mass is 1880 g/mol. The van der Waals surface area contributed by atoms with Crippen LogP contribution in [0.1, 0.15) is 143 Å². The maximum atomic E-state index is 14.3. The number of carbonyl (C=O) groups is 11. The molecule has 0 radical (unpaired) electrons. The summed E-state index contributed by atoms with van der Waals surface area (Å²) in [6, 6.07) is 70.6. The van der Waals surface area contributed by atoms with E-state index < -0.39 is 145 Å². The first-order chi connectivity index (χ1) is 67.3. The van der Waals surface area contributed by atoms with Gasteiger partial charge in [-0.3, -0.25) is 24.5 Å². The lowest BCUT2D eigenvalue weighted by Gasteiger charge is -2.44. The Labute approximate surface area is 785 Å². The molecule has 2 aliphatic rings. The highest BCUT2D eigenvalue weighted by Crippen LogP contribution is 2.39. The van der Waals surface area contributed by atoms with Crippen LogP contribution in [0.5, 0.6) is 11.5 Å². The molecule has 3 amide bonds. The number of non-ortho nitro benzene ring substituents is 1. The lowest BCUT2D eigenvalue weighted by atomic mass is 9.96. The smallest absolute Gasteiger partial charge is 0.338 e. The van der Waals surface area contributed by atoms with Gasteiger partial charge in [-0.2, -0.15) is 0 Å². The molecular weight excluding hydrogens is 1790 g/mol. The fourth-order valence-electron chi connectivity index (χ4n) is 14.8. The number of benzene rings is 10. The maximum absolute atomic E-state index is 14.3. The van der Waals surface area contributed by atoms with Gasteiger partial charge in [-0.05, 0) is 138 Å². The summed E-state index contributed by atoms with van der Waals surface area (Å²) in [6.45, 7) is -1.08. The number of rotatable bonds is 42. The standard InChI is InChI=1S/C99H89N13O26/c113-79(47-43-71-58-110(108-104-71)90-87(136-98(122)68-39-21-7-22-40-68)85(134-96(120)66-35-17-5-18-36-66)83(132-94(118)64-31-13-3-14-32-64)77(130-90)60-128-92(116)62-27-9-1-10-28-62)101-51-53-126-73-55-70(89(115)103-50-26-25-49-100-75-45-46-76(112(124)125)82-81(75)106-138-107-82)56-74(57-73)127-54-52-102-80(114)48-44-72-59-111(109-105-72)91-88(137-99(123)69-41-23-8-24-42-69)86(135-97(121)67-37-19-6-20-38-67)84(133-95(119)65-33-15-4-16-34-65)78(131-91)61-129-93(117)63-29-11-2-12-30-63/h1-24,27-42,45-46,55-59,77-78,83-88,90-91,100H,25-26,43-44,47-54,60-61H2,(H,101,113)(H,102,114)(H,103,115)/t77-,78-,83+,84+,85+,86+,87-,88-,90-,91-/m1/s1. The van der Waals surface area contributed by atoms with Crippen LogP contribution in [0.25, 0.3) is 11.0 Å². The summed E-state index contributed by atoms with van der Waals surface area (Å²) >= 11 is 0. The first-order valence-electron chi connectivity index (χ1n) is 43.8. The molecule has 138 heavy (non-hydrogen) atoms. The van der Waals surface area contributed by atoms with Gasteiger partial charge in [0, 0.05) is 56.5 Å². The van der Waals surface area contributed by atoms with Crippen LogP contribution in [-0.2, 0) is 69.8 Å². The number of nitro benzene ring substituents is 1. The van der Waals surface area contributed by atoms with E-state index in [9.17, 15) is 62.9 Å². The second-order valence-electron chi connectivity index (χ2n) is 31.2. The first kappa shape index (κ1) is 95.4. The molecule has 39 heteroatoms. The largest absolute Gasteiger partial charge is 0.492 e. The summed E-state index contributed by atoms with van der Waals surface area (Å²) in [5.41, 5.74) is 1.73. The van der Waals surface area contributed by atoms with E-state index in [4.69, 9.17) is 61.5 Å². The number of aryl methyl sites for hydroxylation is 2. The number of hydrogen-bond acceptors (Lipinski definition) is 33. The van der Waals surface area contributed by atoms with Crippen molar-refractivity contribution in [2.75, 3.05) is 57.9 Å². The molecule has 0 bridgehead atoms. The molecule has 5 heterocycles. The molecule has 10 atom stereocenters. The Bertz CT molecular complexity index is 6070. The van der Waals surface area contributed by atoms with Crippen LogP contribution in [0.15, 0.2) is 290 Å². The molecule has 0 aliphatic carbocycles. The van der Waals surface area contributed by atoms with Crippen molar-refractivity contribution in [3.63, 3.8) is 0 Å². The highest BCUT2D eigenvalue weighted by atomic mass is 16.7. The molecule has 10 aromatic carbocycles. The molecule has 0 spiro atoms. The van der Waals surface area contributed by atoms with E-state index in [2.05, 4.69) is 52.2 Å². The highest BCUT2D eigenvalue weighted by molar-refractivity contribution is 5.97. The van der Waals surface area contributed by atoms with Crippen molar-refractivity contribution in [2.45, 2.75) is 99.8 Å². The van der Waals surface area contributed by atoms with Crippen LogP contribution in [0.4, 0.5) is 11.4 Å². The van der Waals surface area contributed by atoms with Crippen LogP contribution in [0.3, 0.4) is 0 Å². The van der Waals surface area contributed by atoms with Gasteiger partial charge in [0.25, 0.3) is 5.91 Å². The average molecular weight is 1880 g/mol. The van der Waals surface area contributed by atoms with Crippen LogP contribution in [0.2, 0.25) is 0 Å². The molecule has 39 nitrogen and oxygen atoms in total. The number of aromatic nitrogens is 8. The van der Waals surface area contributed by atoms with Crippen molar-refractivity contribution in [2.24, 2.45) is 0 Å². The van der Waals surface area contributed by atoms with Gasteiger partial charge in [-0.15, -0.1) is 10.2 Å². The Morgan fingerprint density at radius 2 is 0.696 bits per heavy atom. The Hall–Kier alpha value is -17.2. The molecule has 0 saturated carbocycles. The zero-order valence-electron chi connectivity index (χ0n) is 73.4. The van der Waals surface area contributed by atoms with E-state index in [-0.39, 0.29) is 148 Å². The Kier molecular flexibility index (Phi) is 32.4. The number of carbonyl (C=O) groups excluding carboxylic acids is 11. The van der Waals surface area contributed by atoms with Crippen molar-refractivity contribution in [1.29, 1.82) is 0 Å². The number of unbranched alkanes of at least 4 members (excludes halogenated alkanes) is 1. The van der Waals surface area contributed by atoms with Gasteiger partial charge in [0.05, 0.1) is 92.0 Å². The van der Waals surface area contributed by atoms with Gasteiger partial charge < -0.3 is 78.1 Å². The summed E-state index contributed by atoms with van der Waals surface area (Å²) in [7, 11) is 0. The number of esters is 8. The number of amides is 3. The lowest BCUT2D eigenvalue weighted by Crippen LogP contribution is -2.61. The molecule has 2 aliphatic heterocycles. The molecule has 15 rings (SSSR count). The fourth-order valence-corrected chi connectivity index (χ4v) is 14.8. The molecular formula is C99H89N13O26. The number of fused-ring (bicyclic) bond motifs is 1. The van der Waals surface area contributed by atoms with E-state index >= 15 is 0 Å².